The maximum atomic E-state index is 14.2. The lowest BCUT2D eigenvalue weighted by Gasteiger charge is -2.23. The van der Waals surface area contributed by atoms with Gasteiger partial charge in [0, 0.05) is 11.1 Å². The van der Waals surface area contributed by atoms with Crippen LogP contribution in [-0.2, 0) is 16.6 Å². The molecule has 0 aliphatic heterocycles. The Morgan fingerprint density at radius 1 is 0.800 bits per heavy atom. The molecule has 0 spiro atoms. The number of nitrogens with one attached hydrogen (secondary N) is 1. The van der Waals surface area contributed by atoms with Crippen molar-refractivity contribution in [2.75, 3.05) is 10.6 Å². The molecule has 5 nitrogen and oxygen atoms in total. The quantitative estimate of drug-likeness (QED) is 0.366. The van der Waals surface area contributed by atoms with E-state index < -0.39 is 15.8 Å². The third-order valence-corrected chi connectivity index (χ3v) is 6.77. The first-order valence-corrected chi connectivity index (χ1v) is 12.9. The SMILES string of the molecule is CS(=O)(=O)N(Cc1ccccc1F)c1ccc(C(=O)NC(c2ccccc2)c2ccccc2)cc1. The molecule has 7 heteroatoms. The zero-order valence-corrected chi connectivity index (χ0v) is 20.0. The van der Waals surface area contributed by atoms with E-state index >= 15 is 0 Å². The fraction of sp³-hybridized carbons (Fsp3) is 0.107. The topological polar surface area (TPSA) is 66.5 Å². The number of anilines is 1. The van der Waals surface area contributed by atoms with Crippen LogP contribution < -0.4 is 9.62 Å². The van der Waals surface area contributed by atoms with Gasteiger partial charge in [-0.1, -0.05) is 78.9 Å². The van der Waals surface area contributed by atoms with Gasteiger partial charge in [0.25, 0.3) is 5.91 Å². The van der Waals surface area contributed by atoms with Crippen LogP contribution in [-0.4, -0.2) is 20.6 Å². The van der Waals surface area contributed by atoms with E-state index in [4.69, 9.17) is 0 Å². The molecular weight excluding hydrogens is 463 g/mol. The average molecular weight is 489 g/mol. The van der Waals surface area contributed by atoms with E-state index in [1.807, 2.05) is 60.7 Å². The van der Waals surface area contributed by atoms with Gasteiger partial charge in [-0.25, -0.2) is 12.8 Å². The summed E-state index contributed by atoms with van der Waals surface area (Å²) in [5, 5.41) is 3.07. The fourth-order valence-electron chi connectivity index (χ4n) is 3.82. The number of nitrogens with zero attached hydrogens (tertiary/aromatic N) is 1. The summed E-state index contributed by atoms with van der Waals surface area (Å²) in [5.74, 6) is -0.778. The Bertz CT molecular complexity index is 1350. The zero-order valence-electron chi connectivity index (χ0n) is 19.1. The number of carbonyl (C=O) groups is 1. The highest BCUT2D eigenvalue weighted by Gasteiger charge is 2.21. The summed E-state index contributed by atoms with van der Waals surface area (Å²) in [6.07, 6.45) is 1.07. The zero-order chi connectivity index (χ0) is 24.8. The van der Waals surface area contributed by atoms with E-state index in [1.165, 1.54) is 6.07 Å². The summed E-state index contributed by atoms with van der Waals surface area (Å²) >= 11 is 0. The molecule has 0 radical (unpaired) electrons. The third kappa shape index (κ3) is 5.94. The van der Waals surface area contributed by atoms with Crippen LogP contribution in [0.2, 0.25) is 0 Å². The second kappa shape index (κ2) is 10.5. The van der Waals surface area contributed by atoms with E-state index in [1.54, 1.807) is 42.5 Å². The standard InChI is InChI=1S/C28H25FN2O3S/c1-35(33,34)31(20-24-14-8-9-15-26(24)29)25-18-16-23(17-19-25)28(32)30-27(21-10-4-2-5-11-21)22-12-6-3-7-13-22/h2-19,27H,20H2,1H3,(H,30,32). The molecule has 0 unspecified atom stereocenters. The Kier molecular flexibility index (Phi) is 7.27. The molecule has 178 valence electrons. The van der Waals surface area contributed by atoms with Crippen LogP contribution in [0.15, 0.2) is 109 Å². The van der Waals surface area contributed by atoms with Crippen LogP contribution >= 0.6 is 0 Å². The van der Waals surface area contributed by atoms with Crippen molar-refractivity contribution in [2.24, 2.45) is 0 Å². The van der Waals surface area contributed by atoms with Gasteiger partial charge in [-0.2, -0.15) is 0 Å². The number of halogens is 1. The smallest absolute Gasteiger partial charge is 0.252 e. The minimum absolute atomic E-state index is 0.152. The van der Waals surface area contributed by atoms with Gasteiger partial charge in [-0.05, 0) is 41.5 Å². The number of hydrogen-bond donors (Lipinski definition) is 1. The summed E-state index contributed by atoms with van der Waals surface area (Å²) in [6.45, 7) is -0.152. The predicted octanol–water partition coefficient (Wildman–Crippen LogP) is 5.31. The molecule has 0 atom stereocenters. The monoisotopic (exact) mass is 488 g/mol. The maximum absolute atomic E-state index is 14.2. The third-order valence-electron chi connectivity index (χ3n) is 5.63. The number of rotatable bonds is 8. The fourth-order valence-corrected chi connectivity index (χ4v) is 4.70. The number of benzene rings is 4. The summed E-state index contributed by atoms with van der Waals surface area (Å²) in [5.41, 5.74) is 2.86. The molecule has 4 aromatic rings. The molecule has 4 rings (SSSR count). The van der Waals surface area contributed by atoms with Crippen LogP contribution in [0.4, 0.5) is 10.1 Å². The molecule has 0 heterocycles. The van der Waals surface area contributed by atoms with Crippen molar-refractivity contribution >= 4 is 21.6 Å². The summed E-state index contributed by atoms with van der Waals surface area (Å²) in [6, 6.07) is 31.2. The van der Waals surface area contributed by atoms with E-state index in [-0.39, 0.29) is 24.1 Å². The molecular formula is C28H25FN2O3S. The Hall–Kier alpha value is -3.97. The number of sulfonamides is 1. The molecule has 0 fully saturated rings. The first-order chi connectivity index (χ1) is 16.8. The molecule has 4 aromatic carbocycles. The highest BCUT2D eigenvalue weighted by molar-refractivity contribution is 7.92. The van der Waals surface area contributed by atoms with Crippen molar-refractivity contribution in [1.82, 2.24) is 5.32 Å². The van der Waals surface area contributed by atoms with Crippen molar-refractivity contribution < 1.29 is 17.6 Å². The highest BCUT2D eigenvalue weighted by Crippen LogP contribution is 2.25. The summed E-state index contributed by atoms with van der Waals surface area (Å²) in [4.78, 5) is 13.1. The lowest BCUT2D eigenvalue weighted by molar-refractivity contribution is 0.0943. The molecule has 0 aromatic heterocycles. The Labute approximate surface area is 204 Å². The maximum Gasteiger partial charge on any atom is 0.252 e. The number of carbonyl (C=O) groups excluding carboxylic acids is 1. The molecule has 0 aliphatic carbocycles. The predicted molar refractivity (Wildman–Crippen MR) is 136 cm³/mol. The van der Waals surface area contributed by atoms with Gasteiger partial charge in [-0.3, -0.25) is 9.10 Å². The normalized spacial score (nSPS) is 11.3. The van der Waals surface area contributed by atoms with Gasteiger partial charge in [-0.15, -0.1) is 0 Å². The Morgan fingerprint density at radius 2 is 1.31 bits per heavy atom. The Morgan fingerprint density at radius 3 is 1.83 bits per heavy atom. The van der Waals surface area contributed by atoms with Crippen LogP contribution in [0.1, 0.15) is 33.1 Å². The number of amides is 1. The molecule has 1 amide bonds. The second-order valence-corrected chi connectivity index (χ2v) is 10.0. The minimum Gasteiger partial charge on any atom is -0.341 e. The average Bonchev–Trinajstić information content (AvgIpc) is 2.87. The van der Waals surface area contributed by atoms with Gasteiger partial charge in [0.2, 0.25) is 10.0 Å². The van der Waals surface area contributed by atoms with E-state index in [0.717, 1.165) is 21.7 Å². The van der Waals surface area contributed by atoms with Crippen molar-refractivity contribution in [3.05, 3.63) is 137 Å². The van der Waals surface area contributed by atoms with Gasteiger partial charge < -0.3 is 5.32 Å². The first kappa shape index (κ1) is 24.2. The van der Waals surface area contributed by atoms with Crippen molar-refractivity contribution in [2.45, 2.75) is 12.6 Å². The van der Waals surface area contributed by atoms with Crippen LogP contribution in [0, 0.1) is 5.82 Å². The van der Waals surface area contributed by atoms with Crippen molar-refractivity contribution in [3.8, 4) is 0 Å². The van der Waals surface area contributed by atoms with E-state index in [2.05, 4.69) is 5.32 Å². The molecule has 0 saturated carbocycles. The lowest BCUT2D eigenvalue weighted by atomic mass is 9.98. The molecule has 0 bridgehead atoms. The second-order valence-electron chi connectivity index (χ2n) is 8.14. The van der Waals surface area contributed by atoms with Crippen LogP contribution in [0.3, 0.4) is 0 Å². The van der Waals surface area contributed by atoms with Crippen LogP contribution in [0.25, 0.3) is 0 Å². The highest BCUT2D eigenvalue weighted by atomic mass is 32.2. The summed E-state index contributed by atoms with van der Waals surface area (Å²) < 4.78 is 40.2. The van der Waals surface area contributed by atoms with E-state index in [0.29, 0.717) is 11.3 Å². The van der Waals surface area contributed by atoms with Crippen LogP contribution in [0.5, 0.6) is 0 Å². The van der Waals surface area contributed by atoms with Crippen molar-refractivity contribution in [1.29, 1.82) is 0 Å². The molecule has 1 N–H and O–H groups in total. The minimum atomic E-state index is -3.69. The van der Waals surface area contributed by atoms with Gasteiger partial charge >= 0.3 is 0 Å². The summed E-state index contributed by atoms with van der Waals surface area (Å²) in [7, 11) is -3.69. The Balaban J connectivity index is 1.58. The molecule has 0 aliphatic rings. The number of hydrogen-bond acceptors (Lipinski definition) is 3. The van der Waals surface area contributed by atoms with E-state index in [9.17, 15) is 17.6 Å². The first-order valence-electron chi connectivity index (χ1n) is 11.0. The largest absolute Gasteiger partial charge is 0.341 e. The van der Waals surface area contributed by atoms with Gasteiger partial charge in [0.05, 0.1) is 24.5 Å². The molecule has 35 heavy (non-hydrogen) atoms. The lowest BCUT2D eigenvalue weighted by Crippen LogP contribution is -2.30. The van der Waals surface area contributed by atoms with Gasteiger partial charge in [0.1, 0.15) is 5.82 Å². The van der Waals surface area contributed by atoms with Crippen molar-refractivity contribution in [3.63, 3.8) is 0 Å². The van der Waals surface area contributed by atoms with Gasteiger partial charge in [0.15, 0.2) is 0 Å². The molecule has 0 saturated heterocycles.